The van der Waals surface area contributed by atoms with Crippen molar-refractivity contribution in [3.63, 3.8) is 0 Å². The third kappa shape index (κ3) is 4.72. The summed E-state index contributed by atoms with van der Waals surface area (Å²) in [5, 5.41) is 4.79. The number of benzene rings is 1. The number of nitrogens with one attached hydrogen (secondary N) is 1. The summed E-state index contributed by atoms with van der Waals surface area (Å²) in [6.45, 7) is 5.09. The maximum atomic E-state index is 12.5. The topological polar surface area (TPSA) is 74.8 Å². The molecule has 7 nitrogen and oxygen atoms in total. The Labute approximate surface area is 156 Å². The normalized spacial score (nSPS) is 14.2. The number of carbonyl (C=O) groups is 2. The lowest BCUT2D eigenvalue weighted by molar-refractivity contribution is -0.130. The molecule has 1 fully saturated rings. The van der Waals surface area contributed by atoms with Crippen molar-refractivity contribution in [2.75, 3.05) is 43.0 Å². The van der Waals surface area contributed by atoms with Crippen LogP contribution in [0.2, 0.25) is 0 Å². The van der Waals surface area contributed by atoms with E-state index >= 15 is 0 Å². The van der Waals surface area contributed by atoms with Crippen LogP contribution in [0, 0.1) is 0 Å². The number of para-hydroxylation sites is 1. The summed E-state index contributed by atoms with van der Waals surface area (Å²) in [5.41, 5.74) is 1.85. The Kier molecular flexibility index (Phi) is 6.06. The van der Waals surface area contributed by atoms with E-state index in [9.17, 15) is 9.59 Å². The number of hydrogen-bond acceptors (Lipinski definition) is 6. The number of ether oxygens (including phenoxy) is 1. The van der Waals surface area contributed by atoms with Crippen molar-refractivity contribution in [2.24, 2.45) is 0 Å². The van der Waals surface area contributed by atoms with Gasteiger partial charge in [0.25, 0.3) is 0 Å². The Morgan fingerprint density at radius 3 is 2.62 bits per heavy atom. The second-order valence-corrected chi connectivity index (χ2v) is 6.73. The maximum absolute atomic E-state index is 12.5. The SMILES string of the molecule is CCOC(=O)Nc1nc(CC(=O)N2CCN(c3ccccc3)CC2)cs1. The minimum Gasteiger partial charge on any atom is -0.450 e. The molecule has 0 unspecified atom stereocenters. The lowest BCUT2D eigenvalue weighted by Gasteiger charge is -2.36. The molecule has 2 aromatic rings. The first-order valence-corrected chi connectivity index (χ1v) is 9.49. The zero-order chi connectivity index (χ0) is 18.4. The number of aromatic nitrogens is 1. The van der Waals surface area contributed by atoms with Crippen molar-refractivity contribution >= 4 is 34.2 Å². The Balaban J connectivity index is 1.49. The third-order valence-electron chi connectivity index (χ3n) is 4.12. The number of amides is 2. The number of anilines is 2. The van der Waals surface area contributed by atoms with E-state index in [1.165, 1.54) is 17.0 Å². The lowest BCUT2D eigenvalue weighted by Crippen LogP contribution is -2.49. The van der Waals surface area contributed by atoms with Crippen LogP contribution in [-0.4, -0.2) is 54.7 Å². The molecule has 1 saturated heterocycles. The first-order chi connectivity index (χ1) is 12.7. The predicted octanol–water partition coefficient (Wildman–Crippen LogP) is 2.60. The zero-order valence-electron chi connectivity index (χ0n) is 14.7. The number of hydrogen-bond donors (Lipinski definition) is 1. The monoisotopic (exact) mass is 374 g/mol. The van der Waals surface area contributed by atoms with E-state index in [4.69, 9.17) is 4.74 Å². The molecule has 3 rings (SSSR count). The molecule has 2 heterocycles. The summed E-state index contributed by atoms with van der Waals surface area (Å²) < 4.78 is 4.81. The summed E-state index contributed by atoms with van der Waals surface area (Å²) in [6.07, 6.45) is -0.288. The molecule has 0 saturated carbocycles. The molecule has 0 atom stereocenters. The van der Waals surface area contributed by atoms with Gasteiger partial charge in [0.2, 0.25) is 5.91 Å². The minimum absolute atomic E-state index is 0.0608. The van der Waals surface area contributed by atoms with Gasteiger partial charge in [0.1, 0.15) is 0 Å². The molecule has 0 bridgehead atoms. The van der Waals surface area contributed by atoms with Gasteiger partial charge in [0, 0.05) is 37.2 Å². The van der Waals surface area contributed by atoms with Gasteiger partial charge in [0.05, 0.1) is 18.7 Å². The smallest absolute Gasteiger partial charge is 0.413 e. The largest absolute Gasteiger partial charge is 0.450 e. The fourth-order valence-corrected chi connectivity index (χ4v) is 3.52. The Morgan fingerprint density at radius 2 is 1.92 bits per heavy atom. The molecule has 1 aliphatic heterocycles. The van der Waals surface area contributed by atoms with Gasteiger partial charge in [-0.25, -0.2) is 9.78 Å². The second-order valence-electron chi connectivity index (χ2n) is 5.87. The van der Waals surface area contributed by atoms with E-state index in [-0.39, 0.29) is 12.3 Å². The van der Waals surface area contributed by atoms with Gasteiger partial charge < -0.3 is 14.5 Å². The number of rotatable bonds is 5. The van der Waals surface area contributed by atoms with Crippen LogP contribution >= 0.6 is 11.3 Å². The van der Waals surface area contributed by atoms with Crippen LogP contribution in [0.25, 0.3) is 0 Å². The molecule has 0 aliphatic carbocycles. The van der Waals surface area contributed by atoms with Crippen LogP contribution in [0.15, 0.2) is 35.7 Å². The number of thiazole rings is 1. The molecule has 1 aliphatic rings. The first kappa shape index (κ1) is 18.2. The maximum Gasteiger partial charge on any atom is 0.413 e. The number of nitrogens with zero attached hydrogens (tertiary/aromatic N) is 3. The quantitative estimate of drug-likeness (QED) is 0.871. The summed E-state index contributed by atoms with van der Waals surface area (Å²) in [7, 11) is 0. The average molecular weight is 374 g/mol. The van der Waals surface area contributed by atoms with Crippen molar-refractivity contribution < 1.29 is 14.3 Å². The van der Waals surface area contributed by atoms with E-state index in [0.29, 0.717) is 30.5 Å². The van der Waals surface area contributed by atoms with Crippen LogP contribution in [0.5, 0.6) is 0 Å². The molecular weight excluding hydrogens is 352 g/mol. The first-order valence-electron chi connectivity index (χ1n) is 8.61. The predicted molar refractivity (Wildman–Crippen MR) is 102 cm³/mol. The van der Waals surface area contributed by atoms with Crippen LogP contribution in [0.1, 0.15) is 12.6 Å². The Bertz CT molecular complexity index is 742. The fraction of sp³-hybridized carbons (Fsp3) is 0.389. The molecule has 26 heavy (non-hydrogen) atoms. The highest BCUT2D eigenvalue weighted by atomic mass is 32.1. The zero-order valence-corrected chi connectivity index (χ0v) is 15.5. The van der Waals surface area contributed by atoms with Crippen molar-refractivity contribution in [2.45, 2.75) is 13.3 Å². The molecule has 138 valence electrons. The summed E-state index contributed by atoms with van der Waals surface area (Å²) >= 11 is 1.29. The molecule has 0 radical (unpaired) electrons. The van der Waals surface area contributed by atoms with Crippen molar-refractivity contribution in [3.8, 4) is 0 Å². The standard InChI is InChI=1S/C18H22N4O3S/c1-2-25-18(24)20-17-19-14(13-26-17)12-16(23)22-10-8-21(9-11-22)15-6-4-3-5-7-15/h3-7,13H,2,8-12H2,1H3,(H,19,20,24). The highest BCUT2D eigenvalue weighted by Crippen LogP contribution is 2.18. The molecule has 1 aromatic heterocycles. The van der Waals surface area contributed by atoms with Gasteiger partial charge in [-0.3, -0.25) is 10.1 Å². The lowest BCUT2D eigenvalue weighted by atomic mass is 10.2. The van der Waals surface area contributed by atoms with Gasteiger partial charge in [-0.1, -0.05) is 18.2 Å². The summed E-state index contributed by atoms with van der Waals surface area (Å²) in [5.74, 6) is 0.0608. The molecule has 2 amide bonds. The van der Waals surface area contributed by atoms with E-state index in [1.807, 2.05) is 23.1 Å². The number of piperazine rings is 1. The van der Waals surface area contributed by atoms with Gasteiger partial charge in [-0.2, -0.15) is 0 Å². The second kappa shape index (κ2) is 8.66. The highest BCUT2D eigenvalue weighted by molar-refractivity contribution is 7.13. The molecular formula is C18H22N4O3S. The summed E-state index contributed by atoms with van der Waals surface area (Å²) in [4.78, 5) is 32.3. The van der Waals surface area contributed by atoms with Crippen LogP contribution in [0.4, 0.5) is 15.6 Å². The third-order valence-corrected chi connectivity index (χ3v) is 4.93. The van der Waals surface area contributed by atoms with E-state index in [1.54, 1.807) is 12.3 Å². The van der Waals surface area contributed by atoms with Crippen LogP contribution in [-0.2, 0) is 16.0 Å². The van der Waals surface area contributed by atoms with Crippen molar-refractivity contribution in [1.82, 2.24) is 9.88 Å². The van der Waals surface area contributed by atoms with Gasteiger partial charge in [0.15, 0.2) is 5.13 Å². The number of carbonyl (C=O) groups excluding carboxylic acids is 2. The van der Waals surface area contributed by atoms with Crippen LogP contribution in [0.3, 0.4) is 0 Å². The Morgan fingerprint density at radius 1 is 1.19 bits per heavy atom. The molecule has 0 spiro atoms. The molecule has 1 N–H and O–H groups in total. The minimum atomic E-state index is -0.531. The Hall–Kier alpha value is -2.61. The van der Waals surface area contributed by atoms with E-state index in [2.05, 4.69) is 27.3 Å². The van der Waals surface area contributed by atoms with Gasteiger partial charge >= 0.3 is 6.09 Å². The fourth-order valence-electron chi connectivity index (χ4n) is 2.82. The highest BCUT2D eigenvalue weighted by Gasteiger charge is 2.22. The summed E-state index contributed by atoms with van der Waals surface area (Å²) in [6, 6.07) is 10.2. The van der Waals surface area contributed by atoms with Gasteiger partial charge in [-0.05, 0) is 19.1 Å². The van der Waals surface area contributed by atoms with Crippen molar-refractivity contribution in [1.29, 1.82) is 0 Å². The molecule has 8 heteroatoms. The van der Waals surface area contributed by atoms with Gasteiger partial charge in [-0.15, -0.1) is 11.3 Å². The van der Waals surface area contributed by atoms with Crippen molar-refractivity contribution in [3.05, 3.63) is 41.4 Å². The van der Waals surface area contributed by atoms with Crippen LogP contribution < -0.4 is 10.2 Å². The average Bonchev–Trinajstić information content (AvgIpc) is 3.09. The van der Waals surface area contributed by atoms with E-state index in [0.717, 1.165) is 13.1 Å². The molecule has 1 aromatic carbocycles. The van der Waals surface area contributed by atoms with E-state index < -0.39 is 6.09 Å².